The van der Waals surface area contributed by atoms with Crippen molar-refractivity contribution in [3.05, 3.63) is 102 Å². The Labute approximate surface area is 189 Å². The molecule has 2 aromatic heterocycles. The van der Waals surface area contributed by atoms with Crippen LogP contribution in [0.4, 0.5) is 0 Å². The van der Waals surface area contributed by atoms with Gasteiger partial charge < -0.3 is 14.0 Å². The molecule has 0 amide bonds. The molecule has 0 spiro atoms. The van der Waals surface area contributed by atoms with Crippen LogP contribution in [-0.2, 0) is 16.0 Å². The third kappa shape index (κ3) is 4.38. The topological polar surface area (TPSA) is 36.3 Å². The van der Waals surface area contributed by atoms with Gasteiger partial charge in [0.2, 0.25) is 0 Å². The van der Waals surface area contributed by atoms with E-state index in [9.17, 15) is 0 Å². The zero-order chi connectivity index (χ0) is 22.0. The second-order valence-electron chi connectivity index (χ2n) is 8.77. The number of pyridine rings is 1. The fourth-order valence-electron chi connectivity index (χ4n) is 4.22. The SMILES string of the molecule is CC1(C)OCC(c2cncc(-c3ccc(-c4ccccc4)n3Cc3ccccc3)c2)CO1. The highest BCUT2D eigenvalue weighted by atomic mass is 16.7. The number of hydrogen-bond acceptors (Lipinski definition) is 3. The largest absolute Gasteiger partial charge is 0.350 e. The molecular weight excluding hydrogens is 396 g/mol. The van der Waals surface area contributed by atoms with Gasteiger partial charge in [0.05, 0.1) is 18.9 Å². The number of aromatic nitrogens is 2. The number of ether oxygens (including phenoxy) is 2. The maximum absolute atomic E-state index is 5.89. The first-order chi connectivity index (χ1) is 15.6. The van der Waals surface area contributed by atoms with Crippen molar-refractivity contribution in [2.75, 3.05) is 13.2 Å². The summed E-state index contributed by atoms with van der Waals surface area (Å²) in [6.07, 6.45) is 3.88. The highest BCUT2D eigenvalue weighted by Gasteiger charge is 2.29. The molecule has 1 fully saturated rings. The van der Waals surface area contributed by atoms with Gasteiger partial charge in [0, 0.05) is 36.1 Å². The molecule has 0 N–H and O–H groups in total. The molecule has 0 bridgehead atoms. The van der Waals surface area contributed by atoms with Crippen LogP contribution < -0.4 is 0 Å². The Bertz CT molecular complexity index is 1170. The van der Waals surface area contributed by atoms with Crippen molar-refractivity contribution in [1.82, 2.24) is 9.55 Å². The van der Waals surface area contributed by atoms with Crippen molar-refractivity contribution >= 4 is 0 Å². The quantitative estimate of drug-likeness (QED) is 0.387. The van der Waals surface area contributed by atoms with E-state index in [2.05, 4.69) is 88.4 Å². The van der Waals surface area contributed by atoms with Gasteiger partial charge >= 0.3 is 0 Å². The monoisotopic (exact) mass is 424 g/mol. The summed E-state index contributed by atoms with van der Waals surface area (Å²) >= 11 is 0. The minimum absolute atomic E-state index is 0.182. The van der Waals surface area contributed by atoms with Crippen molar-refractivity contribution in [3.63, 3.8) is 0 Å². The number of nitrogens with zero attached hydrogens (tertiary/aromatic N) is 2. The van der Waals surface area contributed by atoms with E-state index in [4.69, 9.17) is 9.47 Å². The maximum Gasteiger partial charge on any atom is 0.162 e. The second kappa shape index (κ2) is 8.73. The Morgan fingerprint density at radius 3 is 2.12 bits per heavy atom. The van der Waals surface area contributed by atoms with Gasteiger partial charge in [0.25, 0.3) is 0 Å². The van der Waals surface area contributed by atoms with Crippen LogP contribution in [0.2, 0.25) is 0 Å². The summed E-state index contributed by atoms with van der Waals surface area (Å²) in [7, 11) is 0. The van der Waals surface area contributed by atoms with E-state index >= 15 is 0 Å². The summed E-state index contributed by atoms with van der Waals surface area (Å²) in [6, 6.07) is 27.8. The molecule has 4 aromatic rings. The molecule has 32 heavy (non-hydrogen) atoms. The van der Waals surface area contributed by atoms with Crippen molar-refractivity contribution in [2.24, 2.45) is 0 Å². The minimum Gasteiger partial charge on any atom is -0.350 e. The summed E-state index contributed by atoms with van der Waals surface area (Å²) in [6.45, 7) is 5.98. The van der Waals surface area contributed by atoms with Crippen LogP contribution in [0.3, 0.4) is 0 Å². The number of rotatable bonds is 5. The van der Waals surface area contributed by atoms with Crippen LogP contribution in [0.15, 0.2) is 91.3 Å². The van der Waals surface area contributed by atoms with Crippen molar-refractivity contribution < 1.29 is 9.47 Å². The predicted octanol–water partition coefficient (Wildman–Crippen LogP) is 6.13. The third-order valence-electron chi connectivity index (χ3n) is 6.02. The highest BCUT2D eigenvalue weighted by Crippen LogP contribution is 2.33. The van der Waals surface area contributed by atoms with E-state index < -0.39 is 5.79 Å². The standard InChI is InChI=1S/C28H28N2O2/c1-28(2)31-19-25(20-32-28)23-15-24(17-29-16-23)27-14-13-26(22-11-7-4-8-12-22)30(27)18-21-9-5-3-6-10-21/h3-17,25H,18-20H2,1-2H3. The molecule has 1 aliphatic rings. The Kier molecular flexibility index (Phi) is 5.64. The lowest BCUT2D eigenvalue weighted by molar-refractivity contribution is -0.251. The average molecular weight is 425 g/mol. The number of hydrogen-bond donors (Lipinski definition) is 0. The Morgan fingerprint density at radius 2 is 1.44 bits per heavy atom. The van der Waals surface area contributed by atoms with Crippen LogP contribution in [0.25, 0.3) is 22.5 Å². The lowest BCUT2D eigenvalue weighted by Gasteiger charge is -2.35. The van der Waals surface area contributed by atoms with Gasteiger partial charge in [-0.1, -0.05) is 60.7 Å². The van der Waals surface area contributed by atoms with Gasteiger partial charge in [-0.25, -0.2) is 0 Å². The van der Waals surface area contributed by atoms with Crippen molar-refractivity contribution in [2.45, 2.75) is 32.1 Å². The zero-order valence-electron chi connectivity index (χ0n) is 18.6. The first-order valence-electron chi connectivity index (χ1n) is 11.1. The molecule has 5 rings (SSSR count). The van der Waals surface area contributed by atoms with E-state index in [0.717, 1.165) is 23.4 Å². The minimum atomic E-state index is -0.517. The molecule has 0 unspecified atom stereocenters. The van der Waals surface area contributed by atoms with E-state index in [1.165, 1.54) is 16.8 Å². The van der Waals surface area contributed by atoms with E-state index in [1.54, 1.807) is 0 Å². The predicted molar refractivity (Wildman–Crippen MR) is 127 cm³/mol. The van der Waals surface area contributed by atoms with Gasteiger partial charge in [-0.15, -0.1) is 0 Å². The molecule has 1 saturated heterocycles. The van der Waals surface area contributed by atoms with Crippen LogP contribution in [0.1, 0.15) is 30.9 Å². The van der Waals surface area contributed by atoms with Gasteiger partial charge in [-0.3, -0.25) is 4.98 Å². The molecule has 4 nitrogen and oxygen atoms in total. The summed E-state index contributed by atoms with van der Waals surface area (Å²) in [5, 5.41) is 0. The number of benzene rings is 2. The lowest BCUT2D eigenvalue weighted by Crippen LogP contribution is -2.38. The summed E-state index contributed by atoms with van der Waals surface area (Å²) < 4.78 is 14.2. The molecule has 3 heterocycles. The Morgan fingerprint density at radius 1 is 0.812 bits per heavy atom. The fourth-order valence-corrected chi connectivity index (χ4v) is 4.22. The Balaban J connectivity index is 1.53. The normalized spacial score (nSPS) is 16.2. The molecule has 162 valence electrons. The molecule has 1 aliphatic heterocycles. The summed E-state index contributed by atoms with van der Waals surface area (Å²) in [4.78, 5) is 4.58. The lowest BCUT2D eigenvalue weighted by atomic mass is 9.99. The maximum atomic E-state index is 5.89. The third-order valence-corrected chi connectivity index (χ3v) is 6.02. The summed E-state index contributed by atoms with van der Waals surface area (Å²) in [5.74, 6) is -0.335. The zero-order valence-corrected chi connectivity index (χ0v) is 18.6. The molecule has 4 heteroatoms. The van der Waals surface area contributed by atoms with Crippen LogP contribution in [0.5, 0.6) is 0 Å². The van der Waals surface area contributed by atoms with E-state index in [0.29, 0.717) is 13.2 Å². The van der Waals surface area contributed by atoms with Crippen molar-refractivity contribution in [3.8, 4) is 22.5 Å². The average Bonchev–Trinajstić information content (AvgIpc) is 3.24. The van der Waals surface area contributed by atoms with Crippen LogP contribution >= 0.6 is 0 Å². The summed E-state index contributed by atoms with van der Waals surface area (Å²) in [5.41, 5.74) is 7.07. The molecule has 0 saturated carbocycles. The van der Waals surface area contributed by atoms with Gasteiger partial charge in [-0.05, 0) is 48.7 Å². The molecule has 0 radical (unpaired) electrons. The molecule has 2 aromatic carbocycles. The second-order valence-corrected chi connectivity index (χ2v) is 8.77. The van der Waals surface area contributed by atoms with Gasteiger partial charge in [0.1, 0.15) is 0 Å². The van der Waals surface area contributed by atoms with Crippen LogP contribution in [-0.4, -0.2) is 28.6 Å². The van der Waals surface area contributed by atoms with E-state index in [-0.39, 0.29) is 5.92 Å². The highest BCUT2D eigenvalue weighted by molar-refractivity contribution is 5.70. The first kappa shape index (κ1) is 20.7. The first-order valence-corrected chi connectivity index (χ1v) is 11.1. The molecule has 0 aliphatic carbocycles. The smallest absolute Gasteiger partial charge is 0.162 e. The van der Waals surface area contributed by atoms with Gasteiger partial charge in [0.15, 0.2) is 5.79 Å². The van der Waals surface area contributed by atoms with E-state index in [1.807, 2.05) is 26.2 Å². The van der Waals surface area contributed by atoms with Gasteiger partial charge in [-0.2, -0.15) is 0 Å². The van der Waals surface area contributed by atoms with Crippen molar-refractivity contribution in [1.29, 1.82) is 0 Å². The molecule has 0 atom stereocenters. The fraction of sp³-hybridized carbons (Fsp3) is 0.250. The Hall–Kier alpha value is -3.21. The molecular formula is C28H28N2O2. The van der Waals surface area contributed by atoms with Crippen LogP contribution in [0, 0.1) is 0 Å².